The van der Waals surface area contributed by atoms with Gasteiger partial charge in [-0.3, -0.25) is 4.89 Å². The molecule has 1 rings (SSSR count). The lowest BCUT2D eigenvalue weighted by Crippen LogP contribution is -2.47. The van der Waals surface area contributed by atoms with Gasteiger partial charge in [0.1, 0.15) is 11.3 Å². The molecule has 0 saturated carbocycles. The standard InChI is InChI=1S/C9H10O10/c1-9(8(15)19-17)2(7(14)18-16)3(10)4(11)5(12)6(9)13/h2,10-13,16-17H,1H3. The van der Waals surface area contributed by atoms with Crippen molar-refractivity contribution in [3.8, 4) is 0 Å². The number of aliphatic hydroxyl groups is 4. The normalized spacial score (nSPS) is 27.2. The first-order valence-corrected chi connectivity index (χ1v) is 4.69. The second-order valence-electron chi connectivity index (χ2n) is 3.86. The van der Waals surface area contributed by atoms with Crippen molar-refractivity contribution >= 4 is 11.9 Å². The Morgan fingerprint density at radius 2 is 1.58 bits per heavy atom. The van der Waals surface area contributed by atoms with Crippen molar-refractivity contribution in [2.75, 3.05) is 0 Å². The van der Waals surface area contributed by atoms with Crippen molar-refractivity contribution in [3.05, 3.63) is 23.0 Å². The molecule has 0 aromatic carbocycles. The number of hydrogen-bond donors (Lipinski definition) is 6. The van der Waals surface area contributed by atoms with E-state index in [1.165, 1.54) is 0 Å². The molecule has 0 bridgehead atoms. The molecule has 2 unspecified atom stereocenters. The van der Waals surface area contributed by atoms with Gasteiger partial charge in [-0.1, -0.05) is 0 Å². The highest BCUT2D eigenvalue weighted by atomic mass is 17.1. The highest BCUT2D eigenvalue weighted by molar-refractivity contribution is 5.89. The van der Waals surface area contributed by atoms with Crippen LogP contribution in [-0.2, 0) is 19.4 Å². The molecule has 1 aliphatic carbocycles. The van der Waals surface area contributed by atoms with Crippen molar-refractivity contribution < 1.29 is 50.3 Å². The molecule has 0 spiro atoms. The maximum Gasteiger partial charge on any atom is 0.356 e. The second kappa shape index (κ2) is 4.66. The first-order valence-electron chi connectivity index (χ1n) is 4.69. The summed E-state index contributed by atoms with van der Waals surface area (Å²) in [6, 6.07) is 0. The van der Waals surface area contributed by atoms with Crippen LogP contribution in [0.25, 0.3) is 0 Å². The molecule has 10 nitrogen and oxygen atoms in total. The van der Waals surface area contributed by atoms with E-state index in [-0.39, 0.29) is 0 Å². The predicted octanol–water partition coefficient (Wildman–Crippen LogP) is 0.310. The average Bonchev–Trinajstić information content (AvgIpc) is 2.41. The van der Waals surface area contributed by atoms with Gasteiger partial charge in [-0.25, -0.2) is 9.59 Å². The monoisotopic (exact) mass is 278 g/mol. The minimum absolute atomic E-state index is 0.793. The van der Waals surface area contributed by atoms with Crippen molar-refractivity contribution in [2.24, 2.45) is 11.3 Å². The van der Waals surface area contributed by atoms with Gasteiger partial charge in [0, 0.05) is 0 Å². The van der Waals surface area contributed by atoms with E-state index in [1.807, 2.05) is 0 Å². The Kier molecular flexibility index (Phi) is 3.58. The fourth-order valence-electron chi connectivity index (χ4n) is 1.74. The summed E-state index contributed by atoms with van der Waals surface area (Å²) in [5.41, 5.74) is -2.52. The third kappa shape index (κ3) is 1.82. The summed E-state index contributed by atoms with van der Waals surface area (Å²) < 4.78 is 0. The van der Waals surface area contributed by atoms with Crippen LogP contribution >= 0.6 is 0 Å². The van der Waals surface area contributed by atoms with Crippen molar-refractivity contribution in [3.63, 3.8) is 0 Å². The van der Waals surface area contributed by atoms with Crippen LogP contribution in [0.5, 0.6) is 0 Å². The molecule has 6 N–H and O–H groups in total. The second-order valence-corrected chi connectivity index (χ2v) is 3.86. The zero-order chi connectivity index (χ0) is 15.0. The number of carbonyl (C=O) groups is 2. The van der Waals surface area contributed by atoms with Crippen LogP contribution in [0.2, 0.25) is 0 Å². The Morgan fingerprint density at radius 1 is 1.05 bits per heavy atom. The highest BCUT2D eigenvalue weighted by Gasteiger charge is 2.59. The Balaban J connectivity index is 3.57. The molecule has 0 saturated heterocycles. The van der Waals surface area contributed by atoms with E-state index in [9.17, 15) is 30.0 Å². The maximum atomic E-state index is 11.4. The topological polar surface area (TPSA) is 174 Å². The molecular formula is C9H10O10. The average molecular weight is 278 g/mol. The number of carbonyl (C=O) groups excluding carboxylic acids is 2. The molecule has 0 aliphatic heterocycles. The lowest BCUT2D eigenvalue weighted by molar-refractivity contribution is -0.256. The molecule has 0 radical (unpaired) electrons. The zero-order valence-corrected chi connectivity index (χ0v) is 9.39. The van der Waals surface area contributed by atoms with E-state index in [0.717, 1.165) is 6.92 Å². The molecule has 2 atom stereocenters. The minimum Gasteiger partial charge on any atom is -0.507 e. The van der Waals surface area contributed by atoms with Crippen LogP contribution in [0.1, 0.15) is 6.92 Å². The van der Waals surface area contributed by atoms with Gasteiger partial charge in [0.2, 0.25) is 5.76 Å². The fourth-order valence-corrected chi connectivity index (χ4v) is 1.74. The Morgan fingerprint density at radius 3 is 2.00 bits per heavy atom. The minimum atomic E-state index is -2.52. The molecule has 0 amide bonds. The quantitative estimate of drug-likeness (QED) is 0.304. The number of hydrogen-bond acceptors (Lipinski definition) is 10. The number of rotatable bonds is 2. The summed E-state index contributed by atoms with van der Waals surface area (Å²) in [7, 11) is 0. The van der Waals surface area contributed by atoms with Crippen molar-refractivity contribution in [1.29, 1.82) is 0 Å². The van der Waals surface area contributed by atoms with Crippen LogP contribution in [0.15, 0.2) is 23.0 Å². The zero-order valence-electron chi connectivity index (χ0n) is 9.39. The van der Waals surface area contributed by atoms with E-state index in [2.05, 4.69) is 9.78 Å². The van der Waals surface area contributed by atoms with Crippen LogP contribution in [0.4, 0.5) is 0 Å². The molecule has 10 heteroatoms. The van der Waals surface area contributed by atoms with Gasteiger partial charge in [0.15, 0.2) is 17.3 Å². The molecule has 0 fully saturated rings. The van der Waals surface area contributed by atoms with Gasteiger partial charge in [-0.05, 0) is 6.92 Å². The fraction of sp³-hybridized carbons (Fsp3) is 0.333. The first kappa shape index (κ1) is 14.6. The molecule has 0 heterocycles. The van der Waals surface area contributed by atoms with E-state index >= 15 is 0 Å². The predicted molar refractivity (Wildman–Crippen MR) is 53.6 cm³/mol. The van der Waals surface area contributed by atoms with Crippen molar-refractivity contribution in [2.45, 2.75) is 6.92 Å². The lowest BCUT2D eigenvalue weighted by Gasteiger charge is -2.34. The van der Waals surface area contributed by atoms with E-state index in [0.29, 0.717) is 0 Å². The molecule has 0 aromatic rings. The Bertz CT molecular complexity index is 489. The lowest BCUT2D eigenvalue weighted by atomic mass is 9.71. The summed E-state index contributed by atoms with van der Waals surface area (Å²) in [4.78, 5) is 29.5. The van der Waals surface area contributed by atoms with Gasteiger partial charge in [0.25, 0.3) is 0 Å². The molecule has 19 heavy (non-hydrogen) atoms. The van der Waals surface area contributed by atoms with Crippen LogP contribution in [-0.4, -0.2) is 42.9 Å². The maximum absolute atomic E-state index is 11.4. The summed E-state index contributed by atoms with van der Waals surface area (Å²) in [6.07, 6.45) is 0. The van der Waals surface area contributed by atoms with Crippen LogP contribution in [0, 0.1) is 11.3 Å². The molecule has 106 valence electrons. The van der Waals surface area contributed by atoms with Gasteiger partial charge >= 0.3 is 11.9 Å². The van der Waals surface area contributed by atoms with Crippen LogP contribution < -0.4 is 0 Å². The molecule has 0 aromatic heterocycles. The van der Waals surface area contributed by atoms with Gasteiger partial charge < -0.3 is 25.3 Å². The van der Waals surface area contributed by atoms with E-state index in [1.54, 1.807) is 0 Å². The first-order chi connectivity index (χ1) is 8.73. The molecular weight excluding hydrogens is 268 g/mol. The largest absolute Gasteiger partial charge is 0.507 e. The van der Waals surface area contributed by atoms with E-state index < -0.39 is 46.3 Å². The Hall–Kier alpha value is -2.46. The van der Waals surface area contributed by atoms with Gasteiger partial charge in [-0.2, -0.15) is 10.5 Å². The summed E-state index contributed by atoms with van der Waals surface area (Å²) >= 11 is 0. The van der Waals surface area contributed by atoms with Crippen molar-refractivity contribution in [1.82, 2.24) is 0 Å². The van der Waals surface area contributed by atoms with Gasteiger partial charge in [-0.15, -0.1) is 0 Å². The summed E-state index contributed by atoms with van der Waals surface area (Å²) in [5, 5.41) is 54.4. The summed E-state index contributed by atoms with van der Waals surface area (Å²) in [5.74, 6) is -10.6. The highest BCUT2D eigenvalue weighted by Crippen LogP contribution is 2.45. The summed E-state index contributed by atoms with van der Waals surface area (Å²) in [6.45, 7) is 0.793. The number of aliphatic hydroxyl groups excluding tert-OH is 4. The third-order valence-corrected chi connectivity index (χ3v) is 2.87. The smallest absolute Gasteiger partial charge is 0.356 e. The SMILES string of the molecule is CC1(C(=O)OO)C(O)=C(O)C(O)=C(O)C1C(=O)OO. The third-order valence-electron chi connectivity index (χ3n) is 2.87. The Labute approximate surface area is 104 Å². The molecule has 1 aliphatic rings. The van der Waals surface area contributed by atoms with Gasteiger partial charge in [0.05, 0.1) is 0 Å². The van der Waals surface area contributed by atoms with E-state index in [4.69, 9.17) is 10.5 Å². The van der Waals surface area contributed by atoms with Crippen LogP contribution in [0.3, 0.4) is 0 Å².